The number of pyridine rings is 1. The molecule has 1 aromatic heterocycles. The highest BCUT2D eigenvalue weighted by molar-refractivity contribution is 6.30. The summed E-state index contributed by atoms with van der Waals surface area (Å²) in [6, 6.07) is 18.9. The van der Waals surface area contributed by atoms with Crippen molar-refractivity contribution in [3.05, 3.63) is 99.3 Å². The molecule has 2 amide bonds. The van der Waals surface area contributed by atoms with Gasteiger partial charge >= 0.3 is 0 Å². The number of halogens is 1. The first kappa shape index (κ1) is 23.0. The van der Waals surface area contributed by atoms with Crippen molar-refractivity contribution in [1.29, 1.82) is 0 Å². The predicted octanol–water partition coefficient (Wildman–Crippen LogP) is 5.30. The summed E-state index contributed by atoms with van der Waals surface area (Å²) in [6.45, 7) is 5.72. The Morgan fingerprint density at radius 3 is 2.45 bits per heavy atom. The highest BCUT2D eigenvalue weighted by atomic mass is 35.5. The minimum absolute atomic E-state index is 0.0124. The van der Waals surface area contributed by atoms with E-state index in [9.17, 15) is 9.59 Å². The number of carbonyl (C=O) groups excluding carboxylic acids is 2. The summed E-state index contributed by atoms with van der Waals surface area (Å²) in [7, 11) is 0. The third-order valence-electron chi connectivity index (χ3n) is 6.10. The molecule has 0 bridgehead atoms. The first-order chi connectivity index (χ1) is 15.9. The fourth-order valence-electron chi connectivity index (χ4n) is 4.31. The molecule has 3 aromatic rings. The summed E-state index contributed by atoms with van der Waals surface area (Å²) in [5.41, 5.74) is 5.21. The van der Waals surface area contributed by atoms with Crippen LogP contribution >= 0.6 is 11.6 Å². The maximum atomic E-state index is 13.0. The molecule has 0 saturated carbocycles. The third-order valence-corrected chi connectivity index (χ3v) is 6.36. The topological polar surface area (TPSA) is 62.3 Å². The third kappa shape index (κ3) is 5.60. The van der Waals surface area contributed by atoms with E-state index in [4.69, 9.17) is 16.6 Å². The van der Waals surface area contributed by atoms with Crippen LogP contribution in [0.3, 0.4) is 0 Å². The van der Waals surface area contributed by atoms with Gasteiger partial charge in [0.05, 0.1) is 11.3 Å². The van der Waals surface area contributed by atoms with Crippen LogP contribution in [0.5, 0.6) is 0 Å². The molecule has 1 N–H and O–H groups in total. The van der Waals surface area contributed by atoms with Crippen molar-refractivity contribution in [1.82, 2.24) is 15.2 Å². The number of nitrogens with zero attached hydrogens (tertiary/aromatic N) is 2. The van der Waals surface area contributed by atoms with E-state index in [0.717, 1.165) is 29.8 Å². The van der Waals surface area contributed by atoms with E-state index in [0.29, 0.717) is 35.8 Å². The molecule has 1 aliphatic heterocycles. The van der Waals surface area contributed by atoms with Gasteiger partial charge in [0.25, 0.3) is 11.8 Å². The van der Waals surface area contributed by atoms with E-state index in [1.54, 1.807) is 24.3 Å². The summed E-state index contributed by atoms with van der Waals surface area (Å²) >= 11 is 5.94. The Labute approximate surface area is 199 Å². The number of rotatable bonds is 5. The SMILES string of the molecule is Cc1cccc(CNC(=O)c2ccc(C)nc2C2CCN(C(=O)c3ccc(Cl)cc3)CC2)c1. The Hall–Kier alpha value is -3.18. The van der Waals surface area contributed by atoms with Gasteiger partial charge in [0.2, 0.25) is 0 Å². The van der Waals surface area contributed by atoms with Gasteiger partial charge in [-0.3, -0.25) is 14.6 Å². The van der Waals surface area contributed by atoms with Crippen LogP contribution in [0.2, 0.25) is 5.02 Å². The van der Waals surface area contributed by atoms with Gasteiger partial charge in [-0.25, -0.2) is 0 Å². The average molecular weight is 462 g/mol. The Morgan fingerprint density at radius 1 is 1.03 bits per heavy atom. The van der Waals surface area contributed by atoms with E-state index in [-0.39, 0.29) is 17.7 Å². The number of nitrogens with one attached hydrogen (secondary N) is 1. The molecule has 0 spiro atoms. The van der Waals surface area contributed by atoms with Crippen molar-refractivity contribution in [2.75, 3.05) is 13.1 Å². The maximum absolute atomic E-state index is 13.0. The molecule has 2 aromatic carbocycles. The minimum atomic E-state index is -0.112. The fraction of sp³-hybridized carbons (Fsp3) is 0.296. The first-order valence-corrected chi connectivity index (χ1v) is 11.6. The molecule has 1 fully saturated rings. The van der Waals surface area contributed by atoms with Crippen LogP contribution in [0.4, 0.5) is 0 Å². The Kier molecular flexibility index (Phi) is 7.09. The second-order valence-corrected chi connectivity index (χ2v) is 9.07. The van der Waals surface area contributed by atoms with Crippen LogP contribution in [0.15, 0.2) is 60.7 Å². The molecule has 4 rings (SSSR count). The molecule has 1 saturated heterocycles. The number of carbonyl (C=O) groups is 2. The lowest BCUT2D eigenvalue weighted by Gasteiger charge is -2.32. The summed E-state index contributed by atoms with van der Waals surface area (Å²) < 4.78 is 0. The van der Waals surface area contributed by atoms with Crippen LogP contribution in [0.25, 0.3) is 0 Å². The normalized spacial score (nSPS) is 14.2. The number of hydrogen-bond donors (Lipinski definition) is 1. The van der Waals surface area contributed by atoms with E-state index >= 15 is 0 Å². The molecule has 0 radical (unpaired) electrons. The van der Waals surface area contributed by atoms with Crippen LogP contribution in [0.1, 0.15) is 62.0 Å². The van der Waals surface area contributed by atoms with Crippen molar-refractivity contribution in [2.45, 2.75) is 39.2 Å². The number of amides is 2. The zero-order valence-electron chi connectivity index (χ0n) is 19.0. The van der Waals surface area contributed by atoms with Crippen LogP contribution in [-0.4, -0.2) is 34.8 Å². The smallest absolute Gasteiger partial charge is 0.253 e. The Bertz CT molecular complexity index is 1150. The molecular weight excluding hydrogens is 434 g/mol. The maximum Gasteiger partial charge on any atom is 0.253 e. The van der Waals surface area contributed by atoms with Gasteiger partial charge in [0.1, 0.15) is 0 Å². The average Bonchev–Trinajstić information content (AvgIpc) is 2.83. The van der Waals surface area contributed by atoms with Crippen molar-refractivity contribution in [3.8, 4) is 0 Å². The van der Waals surface area contributed by atoms with Crippen LogP contribution in [-0.2, 0) is 6.54 Å². The Balaban J connectivity index is 1.44. The minimum Gasteiger partial charge on any atom is -0.348 e. The van der Waals surface area contributed by atoms with Crippen LogP contribution in [0, 0.1) is 13.8 Å². The van der Waals surface area contributed by atoms with Gasteiger partial charge in [-0.1, -0.05) is 41.4 Å². The standard InChI is InChI=1S/C27H28ClN3O2/c1-18-4-3-5-20(16-18)17-29-26(32)24-11-6-19(2)30-25(24)21-12-14-31(15-13-21)27(33)22-7-9-23(28)10-8-22/h3-11,16,21H,12-15,17H2,1-2H3,(H,29,32). The number of likely N-dealkylation sites (tertiary alicyclic amines) is 1. The van der Waals surface area contributed by atoms with Crippen molar-refractivity contribution in [2.24, 2.45) is 0 Å². The number of hydrogen-bond acceptors (Lipinski definition) is 3. The molecule has 5 nitrogen and oxygen atoms in total. The van der Waals surface area contributed by atoms with Crippen molar-refractivity contribution in [3.63, 3.8) is 0 Å². The molecule has 0 unspecified atom stereocenters. The summed E-state index contributed by atoms with van der Waals surface area (Å²) in [4.78, 5) is 32.5. The first-order valence-electron chi connectivity index (χ1n) is 11.3. The van der Waals surface area contributed by atoms with Crippen molar-refractivity contribution < 1.29 is 9.59 Å². The number of aryl methyl sites for hydroxylation is 2. The molecule has 170 valence electrons. The van der Waals surface area contributed by atoms with Gasteiger partial charge in [-0.05, 0) is 68.7 Å². The lowest BCUT2D eigenvalue weighted by molar-refractivity contribution is 0.0710. The molecule has 1 aliphatic rings. The fourth-order valence-corrected chi connectivity index (χ4v) is 4.44. The zero-order valence-corrected chi connectivity index (χ0v) is 19.7. The summed E-state index contributed by atoms with van der Waals surface area (Å²) in [5, 5.41) is 3.66. The van der Waals surface area contributed by atoms with Crippen LogP contribution < -0.4 is 5.32 Å². The number of aromatic nitrogens is 1. The molecule has 6 heteroatoms. The second kappa shape index (κ2) is 10.2. The summed E-state index contributed by atoms with van der Waals surface area (Å²) in [6.07, 6.45) is 1.54. The lowest BCUT2D eigenvalue weighted by atomic mass is 9.89. The monoisotopic (exact) mass is 461 g/mol. The van der Waals surface area contributed by atoms with E-state index in [2.05, 4.69) is 11.4 Å². The van der Waals surface area contributed by atoms with E-state index < -0.39 is 0 Å². The highest BCUT2D eigenvalue weighted by Gasteiger charge is 2.28. The molecule has 33 heavy (non-hydrogen) atoms. The quantitative estimate of drug-likeness (QED) is 0.560. The van der Waals surface area contributed by atoms with Gasteiger partial charge in [-0.2, -0.15) is 0 Å². The highest BCUT2D eigenvalue weighted by Crippen LogP contribution is 2.30. The Morgan fingerprint density at radius 2 is 1.76 bits per heavy atom. The largest absolute Gasteiger partial charge is 0.348 e. The molecule has 0 aliphatic carbocycles. The van der Waals surface area contributed by atoms with Gasteiger partial charge in [0, 0.05) is 41.8 Å². The molecule has 0 atom stereocenters. The van der Waals surface area contributed by atoms with E-state index in [1.165, 1.54) is 5.56 Å². The zero-order chi connectivity index (χ0) is 23.4. The number of benzene rings is 2. The second-order valence-electron chi connectivity index (χ2n) is 8.63. The van der Waals surface area contributed by atoms with Crippen molar-refractivity contribution >= 4 is 23.4 Å². The number of piperidine rings is 1. The van der Waals surface area contributed by atoms with E-state index in [1.807, 2.05) is 49.1 Å². The summed E-state index contributed by atoms with van der Waals surface area (Å²) in [5.74, 6) is 0.0380. The predicted molar refractivity (Wildman–Crippen MR) is 131 cm³/mol. The molecular formula is C27H28ClN3O2. The lowest BCUT2D eigenvalue weighted by Crippen LogP contribution is -2.38. The molecule has 2 heterocycles. The van der Waals surface area contributed by atoms with Gasteiger partial charge < -0.3 is 10.2 Å². The van der Waals surface area contributed by atoms with Gasteiger partial charge in [0.15, 0.2) is 0 Å². The van der Waals surface area contributed by atoms with Gasteiger partial charge in [-0.15, -0.1) is 0 Å².